The number of aromatic nitrogens is 2. The minimum Gasteiger partial charge on any atom is -0.465 e. The Hall–Kier alpha value is -3.71. The van der Waals surface area contributed by atoms with Crippen molar-refractivity contribution in [2.75, 3.05) is 12.4 Å². The molecular formula is C23H19N3O3S. The van der Waals surface area contributed by atoms with Crippen LogP contribution in [0.15, 0.2) is 78.9 Å². The normalized spacial score (nSPS) is 10.4. The number of anilines is 1. The van der Waals surface area contributed by atoms with E-state index in [9.17, 15) is 4.79 Å². The molecule has 0 fully saturated rings. The summed E-state index contributed by atoms with van der Waals surface area (Å²) in [7, 11) is 1.37. The summed E-state index contributed by atoms with van der Waals surface area (Å²) >= 11 is 1.47. The number of hydrogen-bond donors (Lipinski definition) is 1. The van der Waals surface area contributed by atoms with Crippen molar-refractivity contribution in [3.63, 3.8) is 0 Å². The summed E-state index contributed by atoms with van der Waals surface area (Å²) in [4.78, 5) is 11.5. The van der Waals surface area contributed by atoms with Crippen molar-refractivity contribution in [1.82, 2.24) is 10.2 Å². The molecule has 1 heterocycles. The molecule has 150 valence electrons. The zero-order chi connectivity index (χ0) is 20.8. The fourth-order valence-electron chi connectivity index (χ4n) is 2.78. The maximum absolute atomic E-state index is 11.5. The number of para-hydroxylation sites is 1. The van der Waals surface area contributed by atoms with Crippen molar-refractivity contribution in [2.24, 2.45) is 0 Å². The molecule has 0 aliphatic rings. The second-order valence-corrected chi connectivity index (χ2v) is 7.37. The van der Waals surface area contributed by atoms with Crippen molar-refractivity contribution in [3.05, 3.63) is 90.0 Å². The fourth-order valence-corrected chi connectivity index (χ4v) is 3.52. The van der Waals surface area contributed by atoms with Crippen LogP contribution in [0.1, 0.15) is 15.9 Å². The Morgan fingerprint density at radius 2 is 1.70 bits per heavy atom. The van der Waals surface area contributed by atoms with E-state index >= 15 is 0 Å². The van der Waals surface area contributed by atoms with Gasteiger partial charge in [-0.3, -0.25) is 0 Å². The van der Waals surface area contributed by atoms with Gasteiger partial charge in [0, 0.05) is 12.1 Å². The lowest BCUT2D eigenvalue weighted by atomic mass is 10.1. The van der Waals surface area contributed by atoms with Crippen molar-refractivity contribution in [3.8, 4) is 22.1 Å². The van der Waals surface area contributed by atoms with E-state index < -0.39 is 0 Å². The van der Waals surface area contributed by atoms with Crippen LogP contribution in [0.5, 0.6) is 11.5 Å². The largest absolute Gasteiger partial charge is 0.465 e. The van der Waals surface area contributed by atoms with Gasteiger partial charge in [0.25, 0.3) is 0 Å². The van der Waals surface area contributed by atoms with E-state index in [2.05, 4.69) is 15.5 Å². The van der Waals surface area contributed by atoms with Crippen LogP contribution in [-0.2, 0) is 11.3 Å². The predicted molar refractivity (Wildman–Crippen MR) is 117 cm³/mol. The summed E-state index contributed by atoms with van der Waals surface area (Å²) < 4.78 is 10.6. The molecule has 0 atom stereocenters. The van der Waals surface area contributed by atoms with Gasteiger partial charge in [-0.05, 0) is 42.0 Å². The first-order valence-electron chi connectivity index (χ1n) is 9.29. The van der Waals surface area contributed by atoms with E-state index in [0.717, 1.165) is 32.8 Å². The number of ether oxygens (including phenoxy) is 2. The van der Waals surface area contributed by atoms with Gasteiger partial charge in [-0.25, -0.2) is 4.79 Å². The second-order valence-electron chi connectivity index (χ2n) is 6.40. The van der Waals surface area contributed by atoms with Gasteiger partial charge in [0.1, 0.15) is 16.5 Å². The fraction of sp³-hybridized carbons (Fsp3) is 0.0870. The topological polar surface area (TPSA) is 73.3 Å². The Kier molecular flexibility index (Phi) is 6.01. The lowest BCUT2D eigenvalue weighted by Gasteiger charge is -2.06. The van der Waals surface area contributed by atoms with Gasteiger partial charge in [0.05, 0.1) is 12.7 Å². The smallest absolute Gasteiger partial charge is 0.337 e. The quantitative estimate of drug-likeness (QED) is 0.406. The lowest BCUT2D eigenvalue weighted by Crippen LogP contribution is -2.02. The van der Waals surface area contributed by atoms with E-state index in [4.69, 9.17) is 9.47 Å². The maximum atomic E-state index is 11.5. The van der Waals surface area contributed by atoms with E-state index in [-0.39, 0.29) is 5.97 Å². The first-order chi connectivity index (χ1) is 14.7. The monoisotopic (exact) mass is 417 g/mol. The molecule has 4 aromatic rings. The van der Waals surface area contributed by atoms with E-state index in [0.29, 0.717) is 12.1 Å². The number of nitrogens with one attached hydrogen (secondary N) is 1. The van der Waals surface area contributed by atoms with Crippen molar-refractivity contribution in [2.45, 2.75) is 6.54 Å². The van der Waals surface area contributed by atoms with E-state index in [1.807, 2.05) is 66.7 Å². The predicted octanol–water partition coefficient (Wildman–Crippen LogP) is 5.40. The zero-order valence-corrected chi connectivity index (χ0v) is 17.1. The molecule has 0 unspecified atom stereocenters. The molecule has 4 rings (SSSR count). The van der Waals surface area contributed by atoms with Gasteiger partial charge in [0.2, 0.25) is 5.13 Å². The highest BCUT2D eigenvalue weighted by Gasteiger charge is 2.09. The van der Waals surface area contributed by atoms with Crippen LogP contribution in [0.25, 0.3) is 10.6 Å². The Balaban J connectivity index is 1.40. The van der Waals surface area contributed by atoms with Crippen LogP contribution in [-0.4, -0.2) is 23.3 Å². The molecule has 0 aliphatic heterocycles. The highest BCUT2D eigenvalue weighted by molar-refractivity contribution is 7.18. The number of methoxy groups -OCH3 is 1. The summed E-state index contributed by atoms with van der Waals surface area (Å²) in [5.41, 5.74) is 2.49. The summed E-state index contributed by atoms with van der Waals surface area (Å²) in [6, 6.07) is 24.7. The summed E-state index contributed by atoms with van der Waals surface area (Å²) in [6.45, 7) is 0.577. The molecule has 0 radical (unpaired) electrons. The Labute approximate surface area is 178 Å². The van der Waals surface area contributed by atoms with Crippen LogP contribution in [0, 0.1) is 0 Å². The Morgan fingerprint density at radius 1 is 0.933 bits per heavy atom. The summed E-state index contributed by atoms with van der Waals surface area (Å²) in [5.74, 6) is 1.18. The lowest BCUT2D eigenvalue weighted by molar-refractivity contribution is 0.0600. The van der Waals surface area contributed by atoms with Crippen molar-refractivity contribution < 1.29 is 14.3 Å². The van der Waals surface area contributed by atoms with Gasteiger partial charge < -0.3 is 14.8 Å². The summed E-state index contributed by atoms with van der Waals surface area (Å²) in [6.07, 6.45) is 0. The molecule has 1 N–H and O–H groups in total. The van der Waals surface area contributed by atoms with Crippen LogP contribution in [0.4, 0.5) is 5.13 Å². The van der Waals surface area contributed by atoms with Crippen LogP contribution in [0.3, 0.4) is 0 Å². The Bertz CT molecular complexity index is 1130. The zero-order valence-electron chi connectivity index (χ0n) is 16.2. The van der Waals surface area contributed by atoms with Gasteiger partial charge in [0.15, 0.2) is 0 Å². The van der Waals surface area contributed by atoms with Gasteiger partial charge in [-0.1, -0.05) is 53.8 Å². The second kappa shape index (κ2) is 9.19. The molecule has 3 aromatic carbocycles. The first kappa shape index (κ1) is 19.6. The Morgan fingerprint density at radius 3 is 2.47 bits per heavy atom. The molecule has 1 aromatic heterocycles. The molecule has 0 saturated heterocycles. The molecule has 30 heavy (non-hydrogen) atoms. The average Bonchev–Trinajstić information content (AvgIpc) is 3.28. The third-order valence-electron chi connectivity index (χ3n) is 4.30. The number of hydrogen-bond acceptors (Lipinski definition) is 7. The molecule has 0 bridgehead atoms. The van der Waals surface area contributed by atoms with E-state index in [1.165, 1.54) is 18.4 Å². The molecule has 0 saturated carbocycles. The van der Waals surface area contributed by atoms with Crippen LogP contribution in [0.2, 0.25) is 0 Å². The molecular weight excluding hydrogens is 398 g/mol. The highest BCUT2D eigenvalue weighted by Crippen LogP contribution is 2.30. The third kappa shape index (κ3) is 4.82. The molecule has 0 aliphatic carbocycles. The molecule has 0 spiro atoms. The average molecular weight is 417 g/mol. The number of carbonyl (C=O) groups is 1. The number of benzene rings is 3. The summed E-state index contributed by atoms with van der Waals surface area (Å²) in [5, 5.41) is 13.3. The molecule has 0 amide bonds. The number of rotatable bonds is 7. The SMILES string of the molecule is COC(=O)c1ccc(CNc2nnc(-c3cccc(Oc4ccccc4)c3)s2)cc1. The minimum atomic E-state index is -0.346. The van der Waals surface area contributed by atoms with Gasteiger partial charge in [-0.2, -0.15) is 0 Å². The number of esters is 1. The van der Waals surface area contributed by atoms with Crippen LogP contribution < -0.4 is 10.1 Å². The van der Waals surface area contributed by atoms with E-state index in [1.54, 1.807) is 12.1 Å². The number of carbonyl (C=O) groups excluding carboxylic acids is 1. The highest BCUT2D eigenvalue weighted by atomic mass is 32.1. The van der Waals surface area contributed by atoms with Gasteiger partial charge >= 0.3 is 5.97 Å². The number of nitrogens with zero attached hydrogens (tertiary/aromatic N) is 2. The molecule has 6 nitrogen and oxygen atoms in total. The minimum absolute atomic E-state index is 0.346. The first-order valence-corrected chi connectivity index (χ1v) is 10.1. The van der Waals surface area contributed by atoms with Crippen LogP contribution >= 0.6 is 11.3 Å². The van der Waals surface area contributed by atoms with Crippen molar-refractivity contribution in [1.29, 1.82) is 0 Å². The molecule has 7 heteroatoms. The maximum Gasteiger partial charge on any atom is 0.337 e. The standard InChI is InChI=1S/C23H19N3O3S/c1-28-22(27)17-12-10-16(11-13-17)15-24-23-26-25-21(30-23)18-6-5-9-20(14-18)29-19-7-3-2-4-8-19/h2-14H,15H2,1H3,(H,24,26). The van der Waals surface area contributed by atoms with Crippen molar-refractivity contribution >= 4 is 22.4 Å². The van der Waals surface area contributed by atoms with Gasteiger partial charge in [-0.15, -0.1) is 10.2 Å². The third-order valence-corrected chi connectivity index (χ3v) is 5.23.